The minimum Gasteiger partial charge on any atom is -0.457 e. The van der Waals surface area contributed by atoms with Crippen molar-refractivity contribution in [1.82, 2.24) is 4.90 Å². The van der Waals surface area contributed by atoms with Crippen molar-refractivity contribution >= 4 is 23.3 Å². The maximum absolute atomic E-state index is 12.8. The molecule has 4 nitrogen and oxygen atoms in total. The van der Waals surface area contributed by atoms with Crippen molar-refractivity contribution in [2.75, 3.05) is 5.32 Å². The standard InChI is InChI=1S/C23H23ClN2O2/c1-17(2)26(23(27)25-20-13-11-19(24)12-14-20)16-18-7-6-10-22(15-18)28-21-8-4-3-5-9-21/h3-15,17H,16H2,1-2H3,(H,25,27). The lowest BCUT2D eigenvalue weighted by Gasteiger charge is -2.27. The molecule has 5 heteroatoms. The van der Waals surface area contributed by atoms with Gasteiger partial charge in [0.15, 0.2) is 0 Å². The third kappa shape index (κ3) is 5.51. The van der Waals surface area contributed by atoms with E-state index in [1.165, 1.54) is 0 Å². The molecule has 3 aromatic carbocycles. The molecule has 0 unspecified atom stereocenters. The Bertz CT molecular complexity index is 911. The van der Waals surface area contributed by atoms with Crippen LogP contribution in [0.2, 0.25) is 5.02 Å². The molecule has 0 aliphatic heterocycles. The number of hydrogen-bond donors (Lipinski definition) is 1. The highest BCUT2D eigenvalue weighted by molar-refractivity contribution is 6.30. The summed E-state index contributed by atoms with van der Waals surface area (Å²) < 4.78 is 5.90. The van der Waals surface area contributed by atoms with Gasteiger partial charge in [-0.05, 0) is 67.9 Å². The number of para-hydroxylation sites is 1. The zero-order valence-corrected chi connectivity index (χ0v) is 16.7. The van der Waals surface area contributed by atoms with Gasteiger partial charge in [-0.15, -0.1) is 0 Å². The minimum absolute atomic E-state index is 0.0333. The number of nitrogens with one attached hydrogen (secondary N) is 1. The molecule has 0 atom stereocenters. The van der Waals surface area contributed by atoms with E-state index in [4.69, 9.17) is 16.3 Å². The normalized spacial score (nSPS) is 10.6. The Kier molecular flexibility index (Phi) is 6.56. The van der Waals surface area contributed by atoms with Crippen LogP contribution in [0, 0.1) is 0 Å². The van der Waals surface area contributed by atoms with Crippen LogP contribution >= 0.6 is 11.6 Å². The number of urea groups is 1. The number of carbonyl (C=O) groups is 1. The van der Waals surface area contributed by atoms with Crippen LogP contribution < -0.4 is 10.1 Å². The van der Waals surface area contributed by atoms with Gasteiger partial charge in [0.25, 0.3) is 0 Å². The molecular formula is C23H23ClN2O2. The number of carbonyl (C=O) groups excluding carboxylic acids is 1. The fraction of sp³-hybridized carbons (Fsp3) is 0.174. The summed E-state index contributed by atoms with van der Waals surface area (Å²) in [4.78, 5) is 14.5. The second-order valence-electron chi connectivity index (χ2n) is 6.72. The van der Waals surface area contributed by atoms with E-state index in [2.05, 4.69) is 5.32 Å². The number of amides is 2. The van der Waals surface area contributed by atoms with Gasteiger partial charge >= 0.3 is 6.03 Å². The van der Waals surface area contributed by atoms with E-state index in [1.54, 1.807) is 29.2 Å². The predicted molar refractivity (Wildman–Crippen MR) is 114 cm³/mol. The second kappa shape index (κ2) is 9.29. The predicted octanol–water partition coefficient (Wildman–Crippen LogP) is 6.57. The third-order valence-corrected chi connectivity index (χ3v) is 4.46. The summed E-state index contributed by atoms with van der Waals surface area (Å²) in [7, 11) is 0. The van der Waals surface area contributed by atoms with Gasteiger partial charge in [-0.1, -0.05) is 41.9 Å². The molecule has 0 spiro atoms. The molecule has 2 amide bonds. The molecule has 1 N–H and O–H groups in total. The maximum atomic E-state index is 12.8. The van der Waals surface area contributed by atoms with Crippen LogP contribution in [-0.2, 0) is 6.54 Å². The van der Waals surface area contributed by atoms with E-state index in [1.807, 2.05) is 68.4 Å². The van der Waals surface area contributed by atoms with Gasteiger partial charge in [-0.2, -0.15) is 0 Å². The summed E-state index contributed by atoms with van der Waals surface area (Å²) in [6.07, 6.45) is 0. The summed E-state index contributed by atoms with van der Waals surface area (Å²) in [5.74, 6) is 1.52. The van der Waals surface area contributed by atoms with Gasteiger partial charge in [0.2, 0.25) is 0 Å². The highest BCUT2D eigenvalue weighted by Crippen LogP contribution is 2.23. The number of rotatable bonds is 6. The van der Waals surface area contributed by atoms with Crippen molar-refractivity contribution in [3.8, 4) is 11.5 Å². The molecule has 0 saturated carbocycles. The zero-order chi connectivity index (χ0) is 19.9. The molecule has 0 aliphatic rings. The summed E-state index contributed by atoms with van der Waals surface area (Å²) in [6.45, 7) is 4.46. The lowest BCUT2D eigenvalue weighted by molar-refractivity contribution is 0.193. The second-order valence-corrected chi connectivity index (χ2v) is 7.16. The van der Waals surface area contributed by atoms with Gasteiger partial charge in [-0.25, -0.2) is 4.79 Å². The quantitative estimate of drug-likeness (QED) is 0.513. The summed E-state index contributed by atoms with van der Waals surface area (Å²) >= 11 is 5.91. The van der Waals surface area contributed by atoms with Crippen molar-refractivity contribution in [2.45, 2.75) is 26.4 Å². The topological polar surface area (TPSA) is 41.6 Å². The van der Waals surface area contributed by atoms with E-state index in [0.717, 1.165) is 17.1 Å². The fourth-order valence-corrected chi connectivity index (χ4v) is 2.87. The van der Waals surface area contributed by atoms with Crippen molar-refractivity contribution in [3.63, 3.8) is 0 Å². The van der Waals surface area contributed by atoms with Crippen molar-refractivity contribution in [1.29, 1.82) is 0 Å². The molecule has 0 aliphatic carbocycles. The Labute approximate surface area is 170 Å². The number of hydrogen-bond acceptors (Lipinski definition) is 2. The molecule has 0 fully saturated rings. The smallest absolute Gasteiger partial charge is 0.322 e. The fourth-order valence-electron chi connectivity index (χ4n) is 2.75. The molecule has 0 heterocycles. The first kappa shape index (κ1) is 19.8. The molecule has 0 saturated heterocycles. The van der Waals surface area contributed by atoms with Crippen LogP contribution in [0.15, 0.2) is 78.9 Å². The highest BCUT2D eigenvalue weighted by atomic mass is 35.5. The highest BCUT2D eigenvalue weighted by Gasteiger charge is 2.18. The largest absolute Gasteiger partial charge is 0.457 e. The van der Waals surface area contributed by atoms with Crippen LogP contribution in [-0.4, -0.2) is 17.0 Å². The van der Waals surface area contributed by atoms with Crippen molar-refractivity contribution < 1.29 is 9.53 Å². The van der Waals surface area contributed by atoms with Gasteiger partial charge in [0.05, 0.1) is 0 Å². The van der Waals surface area contributed by atoms with Gasteiger partial charge in [0.1, 0.15) is 11.5 Å². The zero-order valence-electron chi connectivity index (χ0n) is 15.9. The first-order chi connectivity index (χ1) is 13.5. The molecule has 0 aromatic heterocycles. The molecule has 0 radical (unpaired) electrons. The average Bonchev–Trinajstić information content (AvgIpc) is 2.69. The van der Waals surface area contributed by atoms with E-state index >= 15 is 0 Å². The van der Waals surface area contributed by atoms with Crippen LogP contribution in [0.25, 0.3) is 0 Å². The van der Waals surface area contributed by atoms with E-state index < -0.39 is 0 Å². The lowest BCUT2D eigenvalue weighted by Crippen LogP contribution is -2.39. The van der Waals surface area contributed by atoms with Crippen LogP contribution in [0.3, 0.4) is 0 Å². The molecule has 144 valence electrons. The minimum atomic E-state index is -0.160. The van der Waals surface area contributed by atoms with E-state index in [-0.39, 0.29) is 12.1 Å². The molecular weight excluding hydrogens is 372 g/mol. The Balaban J connectivity index is 1.70. The van der Waals surface area contributed by atoms with E-state index in [9.17, 15) is 4.79 Å². The average molecular weight is 395 g/mol. The maximum Gasteiger partial charge on any atom is 0.322 e. The SMILES string of the molecule is CC(C)N(Cc1cccc(Oc2ccccc2)c1)C(=O)Nc1ccc(Cl)cc1. The Hall–Kier alpha value is -2.98. The molecule has 0 bridgehead atoms. The molecule has 28 heavy (non-hydrogen) atoms. The monoisotopic (exact) mass is 394 g/mol. The van der Waals surface area contributed by atoms with Crippen molar-refractivity contribution in [3.05, 3.63) is 89.4 Å². The number of nitrogens with zero attached hydrogens (tertiary/aromatic N) is 1. The third-order valence-electron chi connectivity index (χ3n) is 4.21. The summed E-state index contributed by atoms with van der Waals surface area (Å²) in [6, 6.07) is 24.4. The Morgan fingerprint density at radius 3 is 2.32 bits per heavy atom. The lowest BCUT2D eigenvalue weighted by atomic mass is 10.2. The first-order valence-corrected chi connectivity index (χ1v) is 9.54. The number of halogens is 1. The summed E-state index contributed by atoms with van der Waals surface area (Å²) in [5.41, 5.74) is 1.70. The number of benzene rings is 3. The van der Waals surface area contributed by atoms with Crippen LogP contribution in [0.5, 0.6) is 11.5 Å². The molecule has 3 aromatic rings. The first-order valence-electron chi connectivity index (χ1n) is 9.16. The van der Waals surface area contributed by atoms with Crippen LogP contribution in [0.4, 0.5) is 10.5 Å². The molecule has 3 rings (SSSR count). The number of ether oxygens (including phenoxy) is 1. The summed E-state index contributed by atoms with van der Waals surface area (Å²) in [5, 5.41) is 3.56. The number of anilines is 1. The Morgan fingerprint density at radius 2 is 1.64 bits per heavy atom. The van der Waals surface area contributed by atoms with Crippen molar-refractivity contribution in [2.24, 2.45) is 0 Å². The van der Waals surface area contributed by atoms with E-state index in [0.29, 0.717) is 17.3 Å². The van der Waals surface area contributed by atoms with Gasteiger partial charge < -0.3 is 15.0 Å². The van der Waals surface area contributed by atoms with Crippen LogP contribution in [0.1, 0.15) is 19.4 Å². The Morgan fingerprint density at radius 1 is 0.964 bits per heavy atom. The van der Waals surface area contributed by atoms with Gasteiger partial charge in [0, 0.05) is 23.3 Å². The van der Waals surface area contributed by atoms with Gasteiger partial charge in [-0.3, -0.25) is 0 Å².